The molecule has 12 aliphatic rings. The van der Waals surface area contributed by atoms with Crippen LogP contribution < -0.4 is 16.2 Å². The lowest BCUT2D eigenvalue weighted by atomic mass is 9.49. The number of allylic oxidation sites excluding steroid dienone is 3. The molecule has 0 saturated heterocycles. The third kappa shape index (κ3) is 11.4. The van der Waals surface area contributed by atoms with Gasteiger partial charge in [0, 0.05) is 76.9 Å². The lowest BCUT2D eigenvalue weighted by Gasteiger charge is -2.58. The van der Waals surface area contributed by atoms with Crippen LogP contribution in [0.4, 0.5) is 0 Å². The van der Waals surface area contributed by atoms with Crippen molar-refractivity contribution < 1.29 is 39.9 Å². The van der Waals surface area contributed by atoms with E-state index in [1.165, 1.54) is 49.7 Å². The first-order valence-corrected chi connectivity index (χ1v) is 40.7. The molecule has 17 rings (SSSR count). The van der Waals surface area contributed by atoms with Crippen molar-refractivity contribution in [3.63, 3.8) is 0 Å². The number of rotatable bonds is 2. The maximum atomic E-state index is 14.8. The van der Waals surface area contributed by atoms with Crippen molar-refractivity contribution in [3.8, 4) is 29.1 Å². The minimum absolute atomic E-state index is 0.00165. The van der Waals surface area contributed by atoms with Gasteiger partial charge in [-0.3, -0.25) is 9.59 Å². The zero-order valence-corrected chi connectivity index (χ0v) is 57.7. The van der Waals surface area contributed by atoms with Gasteiger partial charge in [-0.15, -0.1) is 0 Å². The number of hydrogen-bond donors (Lipinski definition) is 8. The third-order valence-electron chi connectivity index (χ3n) is 26.8. The maximum absolute atomic E-state index is 14.8. The van der Waals surface area contributed by atoms with Crippen LogP contribution in [0.15, 0.2) is 109 Å². The quantitative estimate of drug-likeness (QED) is 0.0358. The highest BCUT2D eigenvalue weighted by Gasteiger charge is 2.69. The van der Waals surface area contributed by atoms with Gasteiger partial charge in [0.1, 0.15) is 5.75 Å². The van der Waals surface area contributed by atoms with Crippen molar-refractivity contribution in [3.05, 3.63) is 171 Å². The van der Waals surface area contributed by atoms with E-state index in [2.05, 4.69) is 65.4 Å². The Morgan fingerprint density at radius 2 is 1.58 bits per heavy atom. The Bertz CT molecular complexity index is 3900. The van der Waals surface area contributed by atoms with Gasteiger partial charge >= 0.3 is 0 Å². The Balaban J connectivity index is 0.803. The lowest BCUT2D eigenvalue weighted by molar-refractivity contribution is -0.188. The van der Waals surface area contributed by atoms with Crippen molar-refractivity contribution in [2.45, 2.75) is 169 Å². The summed E-state index contributed by atoms with van der Waals surface area (Å²) in [7, 11) is 7.19. The number of H-pyrrole nitrogens is 1. The van der Waals surface area contributed by atoms with Crippen LogP contribution in [0.25, 0.3) is 0 Å². The third-order valence-corrected chi connectivity index (χ3v) is 32.1. The van der Waals surface area contributed by atoms with Gasteiger partial charge in [-0.05, 0) is 241 Å². The molecule has 4 aromatic carbocycles. The Morgan fingerprint density at radius 1 is 0.737 bits per heavy atom. The first-order valence-electron chi connectivity index (χ1n) is 35.8. The molecule has 0 amide bonds. The highest BCUT2D eigenvalue weighted by atomic mass is 33.1. The fraction of sp³-hybridized carbons (Fsp3) is 0.550. The molecular weight excluding hydrogens is 1260 g/mol. The van der Waals surface area contributed by atoms with Crippen LogP contribution in [0.3, 0.4) is 0 Å². The minimum atomic E-state index is -1.15. The Morgan fingerprint density at radius 3 is 2.43 bits per heavy atom. The molecule has 17 atom stereocenters. The second-order valence-electron chi connectivity index (χ2n) is 31.1. The molecule has 17 unspecified atom stereocenters. The number of nitrogens with two attached hydrogens (primary N) is 2. The summed E-state index contributed by atoms with van der Waals surface area (Å²) >= 11 is 0. The number of aliphatic hydroxyl groups is 3. The van der Waals surface area contributed by atoms with E-state index in [4.69, 9.17) is 16.2 Å². The number of aromatic nitrogens is 1. The number of fused-ring (bicyclic) bond motifs is 15. The standard InChI is InChI=1S/C80H93N3O8S4/c81-76(82)60-35-49-7-5-9-69-58(24-30-83-69)72(88)39-62-59(49)37-51(60)42-92-93-43-54-40-78(28-22-55(85)16-10-46-12-20-71(87)73(33-46)91-31-25-47-11-19-70(86)64(62)32-47)45-79(54,89)74-21-15-52(78)38-63-61-36-48-6-1-2-8-56(48)65(41-84)66(44-94-95-74)57(61)17-14-53-34-50-13-18-67(63)80(53,90)68-23-29-77(75(50)68)26-3-4-27-77/h1-2,6,8,11-12,15,19-22,24,28,30,32-33,35,37,50,52-54,57,61-63,65-68,74-76,83-84,86-87,89-90H,3-4,9-10,13-14,16-18,23,25-27,29,31,34,36,38-45,81-82H2. The molecular formula is C80H93N3O8S4. The van der Waals surface area contributed by atoms with Gasteiger partial charge in [0.05, 0.1) is 42.3 Å². The van der Waals surface area contributed by atoms with Gasteiger partial charge in [-0.25, -0.2) is 0 Å². The number of nitrogens with one attached hydrogen (secondary N) is 1. The number of phenolic OH excluding ortho intramolecular Hbond substituents is 2. The molecule has 3 heterocycles. The van der Waals surface area contributed by atoms with E-state index in [9.17, 15) is 35.1 Å². The highest BCUT2D eigenvalue weighted by Crippen LogP contribution is 2.73. The highest BCUT2D eigenvalue weighted by molar-refractivity contribution is 8.77. The normalized spacial score (nSPS) is 36.4. The molecule has 10 N–H and O–H groups in total. The maximum Gasteiger partial charge on any atom is 0.165 e. The van der Waals surface area contributed by atoms with Crippen LogP contribution in [-0.4, -0.2) is 83.3 Å². The van der Waals surface area contributed by atoms with Crippen molar-refractivity contribution in [1.82, 2.24) is 4.98 Å². The molecule has 19 bridgehead atoms. The van der Waals surface area contributed by atoms with E-state index >= 15 is 0 Å². The predicted octanol–water partition coefficient (Wildman–Crippen LogP) is 14.7. The number of ketones is 2. The number of carbonyl (C=O) groups excluding carboxylic acids is 2. The molecule has 95 heavy (non-hydrogen) atoms. The predicted molar refractivity (Wildman–Crippen MR) is 382 cm³/mol. The zero-order chi connectivity index (χ0) is 65.0. The molecule has 2 spiro atoms. The summed E-state index contributed by atoms with van der Waals surface area (Å²) in [4.78, 5) is 32.7. The topological polar surface area (TPSA) is 212 Å². The Hall–Kier alpha value is -4.86. The Labute approximate surface area is 576 Å². The van der Waals surface area contributed by atoms with E-state index in [0.29, 0.717) is 95.1 Å². The lowest BCUT2D eigenvalue weighted by Crippen LogP contribution is -2.60. The van der Waals surface area contributed by atoms with E-state index in [0.717, 1.165) is 84.2 Å². The minimum Gasteiger partial charge on any atom is -0.508 e. The number of ether oxygens (including phenoxy) is 1. The van der Waals surface area contributed by atoms with Crippen LogP contribution in [0.2, 0.25) is 0 Å². The molecule has 7 saturated carbocycles. The summed E-state index contributed by atoms with van der Waals surface area (Å²) < 4.78 is 6.36. The average molecular weight is 1350 g/mol. The summed E-state index contributed by atoms with van der Waals surface area (Å²) in [6, 6.07) is 25.8. The van der Waals surface area contributed by atoms with Crippen LogP contribution in [0, 0.1) is 87.8 Å². The van der Waals surface area contributed by atoms with Gasteiger partial charge in [-0.1, -0.05) is 135 Å². The van der Waals surface area contributed by atoms with Crippen LogP contribution in [0.1, 0.15) is 187 Å². The summed E-state index contributed by atoms with van der Waals surface area (Å²) in [6.45, 7) is 0.302. The van der Waals surface area contributed by atoms with Gasteiger partial charge in [0.2, 0.25) is 0 Å². The summed E-state index contributed by atoms with van der Waals surface area (Å²) in [5.74, 6) is 11.2. The molecule has 0 radical (unpaired) electrons. The molecule has 15 heteroatoms. The van der Waals surface area contributed by atoms with Crippen molar-refractivity contribution in [2.24, 2.45) is 87.4 Å². The van der Waals surface area contributed by atoms with E-state index in [-0.39, 0.29) is 102 Å². The van der Waals surface area contributed by atoms with Crippen molar-refractivity contribution >= 4 is 54.7 Å². The summed E-state index contributed by atoms with van der Waals surface area (Å²) in [6.07, 6.45) is 27.6. The number of Topliss-reactive ketones (excluding diaryl/α,β-unsaturated/α-hetero) is 1. The number of hydrogen-bond acceptors (Lipinski definition) is 14. The van der Waals surface area contributed by atoms with Crippen molar-refractivity contribution in [2.75, 3.05) is 24.7 Å². The number of aliphatic hydroxyl groups excluding tert-OH is 1. The first kappa shape index (κ1) is 64.8. The number of carbonyl (C=O) groups is 2. The van der Waals surface area contributed by atoms with E-state index in [1.807, 2.05) is 64.1 Å². The molecule has 11 nitrogen and oxygen atoms in total. The number of aromatic hydroxyl groups is 2. The van der Waals surface area contributed by atoms with Crippen molar-refractivity contribution in [1.29, 1.82) is 0 Å². The monoisotopic (exact) mass is 1350 g/mol. The van der Waals surface area contributed by atoms with Gasteiger partial charge < -0.3 is 46.7 Å². The summed E-state index contributed by atoms with van der Waals surface area (Å²) in [5.41, 5.74) is 20.8. The molecule has 7 fully saturated rings. The molecule has 5 aromatic rings. The molecule has 10 aliphatic carbocycles. The smallest absolute Gasteiger partial charge is 0.165 e. The largest absolute Gasteiger partial charge is 0.508 e. The molecule has 1 aromatic heterocycles. The van der Waals surface area contributed by atoms with Crippen LogP contribution in [0.5, 0.6) is 17.2 Å². The Kier molecular flexibility index (Phi) is 17.7. The van der Waals surface area contributed by atoms with Gasteiger partial charge in [-0.2, -0.15) is 0 Å². The second-order valence-corrected chi connectivity index (χ2v) is 36.2. The van der Waals surface area contributed by atoms with Crippen LogP contribution >= 0.6 is 43.2 Å². The first-order chi connectivity index (χ1) is 46.1. The number of benzene rings is 4. The molecule has 2 aliphatic heterocycles. The number of aromatic amines is 1. The fourth-order valence-corrected chi connectivity index (χ4v) is 28.4. The SMILES string of the molecule is NC(N)c1cc2c3cc1CSSCC1CC4(C=CC(=O)CCc5ccc(O)c(c5)OCCc5ccc(O)c(c5)C3CC(=O)c3cc[nH]c3CC#C2)CC1(O)C1C=CC4CC2C3Cc4ccccc4C(CO)C(CSS1)C3CCC1CC3CCC2C1(O)C1CCC2(CCCC2)C31. The zero-order valence-electron chi connectivity index (χ0n) is 54.5. The van der Waals surface area contributed by atoms with Gasteiger partial charge in [0.25, 0.3) is 0 Å². The van der Waals surface area contributed by atoms with Crippen LogP contribution in [-0.2, 0) is 36.2 Å². The number of phenols is 2. The average Bonchev–Trinajstić information content (AvgIpc) is 1.56. The van der Waals surface area contributed by atoms with Gasteiger partial charge in [0.15, 0.2) is 23.1 Å². The number of aryl methyl sites for hydroxylation is 1. The second kappa shape index (κ2) is 26.0. The fourth-order valence-electron chi connectivity index (χ4n) is 22.6. The van der Waals surface area contributed by atoms with E-state index in [1.54, 1.807) is 39.9 Å². The molecule has 500 valence electrons. The summed E-state index contributed by atoms with van der Waals surface area (Å²) in [5, 5.41) is 63.6. The van der Waals surface area contributed by atoms with E-state index < -0.39 is 28.7 Å².